The summed E-state index contributed by atoms with van der Waals surface area (Å²) in [6.07, 6.45) is 0. The van der Waals surface area contributed by atoms with Gasteiger partial charge in [-0.25, -0.2) is 4.98 Å². The second-order valence-electron chi connectivity index (χ2n) is 5.32. The molecule has 1 aromatic carbocycles. The van der Waals surface area contributed by atoms with Crippen molar-refractivity contribution in [1.29, 1.82) is 5.26 Å². The first-order valence-corrected chi connectivity index (χ1v) is 7.88. The summed E-state index contributed by atoms with van der Waals surface area (Å²) in [5.41, 5.74) is 8.30. The molecule has 114 valence electrons. The Hall–Kier alpha value is -2.92. The molecule has 0 atom stereocenters. The van der Waals surface area contributed by atoms with E-state index in [1.54, 1.807) is 27.8 Å². The Morgan fingerprint density at radius 2 is 2.22 bits per heavy atom. The van der Waals surface area contributed by atoms with Crippen LogP contribution in [0, 0.1) is 11.3 Å². The summed E-state index contributed by atoms with van der Waals surface area (Å²) >= 11 is 1.40. The second-order valence-corrected chi connectivity index (χ2v) is 6.38. The average molecular weight is 324 g/mol. The van der Waals surface area contributed by atoms with E-state index in [0.29, 0.717) is 36.0 Å². The van der Waals surface area contributed by atoms with Crippen LogP contribution in [-0.4, -0.2) is 32.1 Å². The monoisotopic (exact) mass is 324 g/mol. The molecule has 7 nitrogen and oxygen atoms in total. The third-order valence-electron chi connectivity index (χ3n) is 3.85. The number of nitrogens with two attached hydrogens (primary N) is 1. The number of nitriles is 1. The number of aromatic nitrogens is 3. The summed E-state index contributed by atoms with van der Waals surface area (Å²) in [6.45, 7) is 1.61. The Morgan fingerprint density at radius 3 is 3.04 bits per heavy atom. The molecule has 0 saturated heterocycles. The van der Waals surface area contributed by atoms with E-state index in [9.17, 15) is 4.79 Å². The number of rotatable bonds is 1. The van der Waals surface area contributed by atoms with Gasteiger partial charge in [0.2, 0.25) is 0 Å². The van der Waals surface area contributed by atoms with E-state index < -0.39 is 0 Å². The summed E-state index contributed by atoms with van der Waals surface area (Å²) in [5.74, 6) is -0.0515. The highest BCUT2D eigenvalue weighted by molar-refractivity contribution is 7.22. The lowest BCUT2D eigenvalue weighted by atomic mass is 10.1. The van der Waals surface area contributed by atoms with E-state index in [2.05, 4.69) is 10.1 Å². The van der Waals surface area contributed by atoms with Crippen LogP contribution < -0.4 is 5.73 Å². The van der Waals surface area contributed by atoms with Crippen LogP contribution in [0.4, 0.5) is 5.13 Å². The van der Waals surface area contributed by atoms with Crippen LogP contribution >= 0.6 is 11.3 Å². The van der Waals surface area contributed by atoms with Gasteiger partial charge >= 0.3 is 0 Å². The van der Waals surface area contributed by atoms with Crippen molar-refractivity contribution in [3.8, 4) is 6.07 Å². The quantitative estimate of drug-likeness (QED) is 0.732. The second kappa shape index (κ2) is 5.07. The Morgan fingerprint density at radius 1 is 1.35 bits per heavy atom. The van der Waals surface area contributed by atoms with Crippen molar-refractivity contribution in [3.63, 3.8) is 0 Å². The molecule has 1 aliphatic heterocycles. The van der Waals surface area contributed by atoms with E-state index in [0.717, 1.165) is 15.9 Å². The third kappa shape index (κ3) is 2.31. The molecule has 3 aromatic rings. The zero-order chi connectivity index (χ0) is 16.0. The van der Waals surface area contributed by atoms with E-state index in [-0.39, 0.29) is 5.91 Å². The van der Waals surface area contributed by atoms with Crippen LogP contribution in [0.15, 0.2) is 24.3 Å². The highest BCUT2D eigenvalue weighted by Gasteiger charge is 2.23. The number of nitrogen functional groups attached to an aromatic ring is 1. The predicted octanol–water partition coefficient (Wildman–Crippen LogP) is 1.60. The molecule has 4 rings (SSSR count). The Balaban J connectivity index is 1.62. The lowest BCUT2D eigenvalue weighted by Gasteiger charge is -2.27. The fourth-order valence-electron chi connectivity index (χ4n) is 2.76. The normalized spacial score (nSPS) is 13.8. The van der Waals surface area contributed by atoms with E-state index in [1.165, 1.54) is 11.3 Å². The van der Waals surface area contributed by atoms with Crippen LogP contribution in [0.1, 0.15) is 21.7 Å². The van der Waals surface area contributed by atoms with Gasteiger partial charge in [0, 0.05) is 12.1 Å². The first-order valence-electron chi connectivity index (χ1n) is 7.06. The van der Waals surface area contributed by atoms with Gasteiger partial charge in [0.15, 0.2) is 10.8 Å². The number of fused-ring (bicyclic) bond motifs is 2. The molecule has 2 aromatic heterocycles. The lowest BCUT2D eigenvalue weighted by Crippen LogP contribution is -2.38. The molecular formula is C15H12N6OS. The fourth-order valence-corrected chi connectivity index (χ4v) is 3.47. The molecule has 3 heterocycles. The zero-order valence-electron chi connectivity index (χ0n) is 12.1. The van der Waals surface area contributed by atoms with Gasteiger partial charge in [-0.15, -0.1) is 0 Å². The first-order chi connectivity index (χ1) is 11.1. The van der Waals surface area contributed by atoms with Crippen molar-refractivity contribution in [3.05, 3.63) is 41.2 Å². The fraction of sp³-hybridized carbons (Fsp3) is 0.200. The number of thiazole rings is 1. The van der Waals surface area contributed by atoms with Crippen molar-refractivity contribution in [2.75, 3.05) is 12.3 Å². The summed E-state index contributed by atoms with van der Waals surface area (Å²) in [7, 11) is 0. The minimum Gasteiger partial charge on any atom is -0.375 e. The van der Waals surface area contributed by atoms with Gasteiger partial charge in [0.25, 0.3) is 5.91 Å². The molecule has 0 unspecified atom stereocenters. The first kappa shape index (κ1) is 13.7. The number of carbonyl (C=O) groups is 1. The smallest absolute Gasteiger partial charge is 0.254 e. The maximum atomic E-state index is 12.7. The SMILES string of the molecule is N#Cc1cc2n(n1)CCN(C(=O)c1ccc3sc(N)nc3c1)C2. The van der Waals surface area contributed by atoms with Crippen molar-refractivity contribution in [2.45, 2.75) is 13.1 Å². The molecule has 0 saturated carbocycles. The molecule has 2 N–H and O–H groups in total. The molecule has 0 aliphatic carbocycles. The zero-order valence-corrected chi connectivity index (χ0v) is 12.9. The maximum absolute atomic E-state index is 12.7. The van der Waals surface area contributed by atoms with Crippen LogP contribution in [0.2, 0.25) is 0 Å². The van der Waals surface area contributed by atoms with Crippen LogP contribution in [-0.2, 0) is 13.1 Å². The molecule has 0 spiro atoms. The van der Waals surface area contributed by atoms with Crippen LogP contribution in [0.25, 0.3) is 10.2 Å². The third-order valence-corrected chi connectivity index (χ3v) is 4.72. The van der Waals surface area contributed by atoms with E-state index in [1.807, 2.05) is 12.1 Å². The number of amides is 1. The number of hydrogen-bond acceptors (Lipinski definition) is 6. The minimum absolute atomic E-state index is 0.0515. The standard InChI is InChI=1S/C15H12N6OS/c16-7-10-6-11-8-20(3-4-21(11)19-10)14(22)9-1-2-13-12(5-9)18-15(17)23-13/h1-2,5-6H,3-4,8H2,(H2,17,18). The average Bonchev–Trinajstić information content (AvgIpc) is 3.14. The summed E-state index contributed by atoms with van der Waals surface area (Å²) in [5, 5.41) is 13.6. The predicted molar refractivity (Wildman–Crippen MR) is 85.7 cm³/mol. The number of anilines is 1. The molecule has 0 bridgehead atoms. The van der Waals surface area contributed by atoms with Gasteiger partial charge in [0.1, 0.15) is 6.07 Å². The van der Waals surface area contributed by atoms with Gasteiger partial charge in [0.05, 0.1) is 29.0 Å². The molecule has 1 amide bonds. The van der Waals surface area contributed by atoms with Gasteiger partial charge in [-0.1, -0.05) is 11.3 Å². The van der Waals surface area contributed by atoms with Crippen molar-refractivity contribution in [1.82, 2.24) is 19.7 Å². The number of nitrogens with zero attached hydrogens (tertiary/aromatic N) is 5. The number of carbonyl (C=O) groups excluding carboxylic acids is 1. The van der Waals surface area contributed by atoms with Gasteiger partial charge in [-0.3, -0.25) is 9.48 Å². The Kier molecular flexibility index (Phi) is 3.02. The summed E-state index contributed by atoms with van der Waals surface area (Å²) < 4.78 is 2.75. The summed E-state index contributed by atoms with van der Waals surface area (Å²) in [6, 6.07) is 9.20. The minimum atomic E-state index is -0.0515. The van der Waals surface area contributed by atoms with Crippen molar-refractivity contribution in [2.24, 2.45) is 0 Å². The molecule has 1 aliphatic rings. The Labute approximate surface area is 135 Å². The number of hydrogen-bond donors (Lipinski definition) is 1. The molecule has 0 fully saturated rings. The highest BCUT2D eigenvalue weighted by atomic mass is 32.1. The lowest BCUT2D eigenvalue weighted by molar-refractivity contribution is 0.0706. The van der Waals surface area contributed by atoms with E-state index >= 15 is 0 Å². The number of benzene rings is 1. The molecule has 8 heteroatoms. The van der Waals surface area contributed by atoms with Gasteiger partial charge in [-0.2, -0.15) is 10.4 Å². The van der Waals surface area contributed by atoms with Crippen LogP contribution in [0.3, 0.4) is 0 Å². The summed E-state index contributed by atoms with van der Waals surface area (Å²) in [4.78, 5) is 18.7. The topological polar surface area (TPSA) is 101 Å². The largest absolute Gasteiger partial charge is 0.375 e. The molecular weight excluding hydrogens is 312 g/mol. The van der Waals surface area contributed by atoms with Crippen LogP contribution in [0.5, 0.6) is 0 Å². The van der Waals surface area contributed by atoms with Gasteiger partial charge in [-0.05, 0) is 24.3 Å². The Bertz CT molecular complexity index is 966. The molecule has 0 radical (unpaired) electrons. The maximum Gasteiger partial charge on any atom is 0.254 e. The van der Waals surface area contributed by atoms with E-state index in [4.69, 9.17) is 11.0 Å². The highest BCUT2D eigenvalue weighted by Crippen LogP contribution is 2.25. The van der Waals surface area contributed by atoms with Crippen molar-refractivity contribution >= 4 is 32.6 Å². The van der Waals surface area contributed by atoms with Crippen molar-refractivity contribution < 1.29 is 4.79 Å². The van der Waals surface area contributed by atoms with Gasteiger partial charge < -0.3 is 10.6 Å². The molecule has 23 heavy (non-hydrogen) atoms.